The molecule has 3 aliphatic heterocycles. The van der Waals surface area contributed by atoms with Gasteiger partial charge in [-0.2, -0.15) is 4.99 Å². The normalized spacial score (nSPS) is 17.7. The molecule has 1 atom stereocenters. The lowest BCUT2D eigenvalue weighted by molar-refractivity contribution is -0.132. The number of hydrogen-bond donors (Lipinski definition) is 3. The van der Waals surface area contributed by atoms with Gasteiger partial charge in [-0.05, 0) is 118 Å². The summed E-state index contributed by atoms with van der Waals surface area (Å²) >= 11 is 6.63. The first-order valence-electron chi connectivity index (χ1n) is 16.5. The predicted octanol–water partition coefficient (Wildman–Crippen LogP) is 4.82. The Balaban J connectivity index is 1.20. The molecule has 0 bridgehead atoms. The van der Waals surface area contributed by atoms with Crippen molar-refractivity contribution in [3.8, 4) is 5.75 Å². The van der Waals surface area contributed by atoms with Crippen LogP contribution in [-0.2, 0) is 32.0 Å². The number of amides is 5. The van der Waals surface area contributed by atoms with Gasteiger partial charge in [-0.1, -0.05) is 23.9 Å². The van der Waals surface area contributed by atoms with Crippen LogP contribution in [0.25, 0.3) is 0 Å². The Hall–Kier alpha value is -3.97. The third-order valence-electron chi connectivity index (χ3n) is 9.09. The van der Waals surface area contributed by atoms with Crippen molar-refractivity contribution in [2.24, 2.45) is 10.9 Å². The topological polar surface area (TPSA) is 153 Å². The molecule has 0 radical (unpaired) electrons. The lowest BCUT2D eigenvalue weighted by Gasteiger charge is -2.37. The highest BCUT2D eigenvalue weighted by molar-refractivity contribution is 9.11. The Morgan fingerprint density at radius 1 is 1.08 bits per heavy atom. The number of phenolic OH excluding ortho intramolecular Hbond substituents is 1. The fraction of sp³-hybridized carbons (Fsp3) is 0.457. The second kappa shape index (κ2) is 17.8. The molecular formula is C35H40Br2N6O7. The van der Waals surface area contributed by atoms with Crippen molar-refractivity contribution in [1.82, 2.24) is 20.2 Å². The van der Waals surface area contributed by atoms with E-state index < -0.39 is 18.1 Å². The van der Waals surface area contributed by atoms with Crippen molar-refractivity contribution >= 4 is 67.4 Å². The van der Waals surface area contributed by atoms with E-state index in [0.717, 1.165) is 43.6 Å². The monoisotopic (exact) mass is 814 g/mol. The highest BCUT2D eigenvalue weighted by Gasteiger charge is 2.33. The maximum atomic E-state index is 13.4. The number of phenols is 1. The number of hydrogen-bond acceptors (Lipinski definition) is 8. The molecule has 13 nitrogen and oxygen atoms in total. The highest BCUT2D eigenvalue weighted by atomic mass is 79.9. The quantitative estimate of drug-likeness (QED) is 0.185. The van der Waals surface area contributed by atoms with Crippen molar-refractivity contribution < 1.29 is 33.9 Å². The molecule has 2 aromatic rings. The molecule has 0 saturated carbocycles. The van der Waals surface area contributed by atoms with Gasteiger partial charge in [0.15, 0.2) is 6.10 Å². The standard InChI is InChI=1S/C35H40Br2N6O7/c1-49-40-31(44)22-41-14-8-23(9-15-41)5-4-13-38-33(46)30(21-24-19-27(36)32(45)28(37)20-24)50-35(48)42-16-11-26(12-17-42)43-18-10-25-6-2-3-7-29(25)39-34(43)47/h2-3,5-7,19-20,23,26,30,45H,8-12,14-18,21-22H2,1H3,(H,39,47)(H,40,44)/t30-/m1/s1. The molecule has 0 aromatic heterocycles. The van der Waals surface area contributed by atoms with E-state index in [1.165, 1.54) is 7.11 Å². The van der Waals surface area contributed by atoms with Crippen LogP contribution in [0.15, 0.2) is 62.1 Å². The molecule has 266 valence electrons. The number of allylic oxidation sites excluding steroid dienone is 1. The molecule has 3 heterocycles. The van der Waals surface area contributed by atoms with Gasteiger partial charge in [0, 0.05) is 43.7 Å². The van der Waals surface area contributed by atoms with Crippen molar-refractivity contribution in [2.75, 3.05) is 51.7 Å². The van der Waals surface area contributed by atoms with Gasteiger partial charge in [0.2, 0.25) is 0 Å². The summed E-state index contributed by atoms with van der Waals surface area (Å²) < 4.78 is 6.60. The minimum absolute atomic E-state index is 0.00799. The van der Waals surface area contributed by atoms with E-state index in [1.807, 2.05) is 40.1 Å². The third kappa shape index (κ3) is 10.1. The molecule has 0 unspecified atom stereocenters. The molecule has 2 aromatic carbocycles. The van der Waals surface area contributed by atoms with Gasteiger partial charge in [0.05, 0.1) is 22.6 Å². The number of urea groups is 1. The average Bonchev–Trinajstić information content (AvgIpc) is 3.27. The predicted molar refractivity (Wildman–Crippen MR) is 193 cm³/mol. The third-order valence-corrected chi connectivity index (χ3v) is 10.3. The number of aliphatic imine (C=N–C) groups is 1. The molecule has 2 fully saturated rings. The molecule has 0 aliphatic carbocycles. The smallest absolute Gasteiger partial charge is 0.410 e. The van der Waals surface area contributed by atoms with Crippen LogP contribution in [-0.4, -0.2) is 108 Å². The molecule has 15 heteroatoms. The Bertz CT molecular complexity index is 1650. The molecule has 5 rings (SSSR count). The zero-order valence-corrected chi connectivity index (χ0v) is 30.9. The van der Waals surface area contributed by atoms with Gasteiger partial charge in [0.1, 0.15) is 5.75 Å². The molecule has 3 aliphatic rings. The number of nitrogens with one attached hydrogen (secondary N) is 2. The van der Waals surface area contributed by atoms with Crippen molar-refractivity contribution in [3.63, 3.8) is 0 Å². The Morgan fingerprint density at radius 3 is 2.48 bits per heavy atom. The van der Waals surface area contributed by atoms with E-state index in [0.29, 0.717) is 47.0 Å². The van der Waals surface area contributed by atoms with Crippen LogP contribution in [0.1, 0.15) is 36.8 Å². The molecule has 3 N–H and O–H groups in total. The van der Waals surface area contributed by atoms with E-state index in [1.54, 1.807) is 17.0 Å². The van der Waals surface area contributed by atoms with Crippen LogP contribution < -0.4 is 10.8 Å². The molecule has 50 heavy (non-hydrogen) atoms. The number of benzene rings is 2. The fourth-order valence-corrected chi connectivity index (χ4v) is 7.65. The number of hydroxylamine groups is 1. The average molecular weight is 817 g/mol. The number of fused-ring (bicyclic) bond motifs is 1. The number of para-hydroxylation sites is 1. The largest absolute Gasteiger partial charge is 0.506 e. The number of carbonyl (C=O) groups excluding carboxylic acids is 4. The summed E-state index contributed by atoms with van der Waals surface area (Å²) in [6, 6.07) is 10.9. The summed E-state index contributed by atoms with van der Waals surface area (Å²) in [4.78, 5) is 65.5. The van der Waals surface area contributed by atoms with E-state index in [9.17, 15) is 24.3 Å². The van der Waals surface area contributed by atoms with Crippen molar-refractivity contribution in [3.05, 3.63) is 68.3 Å². The van der Waals surface area contributed by atoms with Crippen LogP contribution in [0, 0.1) is 5.92 Å². The van der Waals surface area contributed by atoms with Gasteiger partial charge >= 0.3 is 12.1 Å². The minimum atomic E-state index is -1.26. The fourth-order valence-electron chi connectivity index (χ4n) is 6.37. The van der Waals surface area contributed by atoms with Crippen molar-refractivity contribution in [1.29, 1.82) is 0 Å². The lowest BCUT2D eigenvalue weighted by atomic mass is 9.97. The highest BCUT2D eigenvalue weighted by Crippen LogP contribution is 2.34. The summed E-state index contributed by atoms with van der Waals surface area (Å²) in [6.07, 6.45) is 3.41. The summed E-state index contributed by atoms with van der Waals surface area (Å²) in [7, 11) is 1.40. The zero-order valence-electron chi connectivity index (χ0n) is 27.7. The molecular weight excluding hydrogens is 776 g/mol. The van der Waals surface area contributed by atoms with Gasteiger partial charge in [-0.3, -0.25) is 19.3 Å². The Morgan fingerprint density at radius 2 is 1.78 bits per heavy atom. The number of anilines is 1. The first-order valence-corrected chi connectivity index (χ1v) is 18.1. The second-order valence-electron chi connectivity index (χ2n) is 12.4. The minimum Gasteiger partial charge on any atom is -0.506 e. The van der Waals surface area contributed by atoms with E-state index >= 15 is 0 Å². The SMILES string of the molecule is CONC(=O)CN1CCC(C=C=C=NC(=O)[C@@H](Cc2cc(Br)c(O)c(Br)c2)OC(=O)N2CCC(N3CCc4ccccc4NC3=O)CC2)CC1. The summed E-state index contributed by atoms with van der Waals surface area (Å²) in [6.45, 7) is 3.01. The van der Waals surface area contributed by atoms with Gasteiger partial charge < -0.3 is 25.0 Å². The number of nitrogens with zero attached hydrogens (tertiary/aromatic N) is 4. The molecule has 5 amide bonds. The molecule has 0 spiro atoms. The first-order chi connectivity index (χ1) is 24.1. The van der Waals surface area contributed by atoms with Crippen molar-refractivity contribution in [2.45, 2.75) is 50.7 Å². The summed E-state index contributed by atoms with van der Waals surface area (Å²) in [5.74, 6) is 1.87. The number of ether oxygens (including phenoxy) is 1. The number of carbonyl (C=O) groups is 4. The second-order valence-corrected chi connectivity index (χ2v) is 14.2. The number of piperidine rings is 2. The van der Waals surface area contributed by atoms with Crippen LogP contribution in [0.4, 0.5) is 15.3 Å². The number of likely N-dealkylation sites (tertiary alicyclic amines) is 2. The van der Waals surface area contributed by atoms with Crippen LogP contribution in [0.2, 0.25) is 0 Å². The number of aromatic hydroxyl groups is 1. The van der Waals surface area contributed by atoms with E-state index in [2.05, 4.69) is 64.1 Å². The first kappa shape index (κ1) is 37.3. The lowest BCUT2D eigenvalue weighted by Crippen LogP contribution is -2.50. The van der Waals surface area contributed by atoms with Crippen LogP contribution in [0.5, 0.6) is 5.75 Å². The molecule has 2 saturated heterocycles. The van der Waals surface area contributed by atoms with Crippen LogP contribution in [0.3, 0.4) is 0 Å². The maximum absolute atomic E-state index is 13.4. The maximum Gasteiger partial charge on any atom is 0.410 e. The van der Waals surface area contributed by atoms with Gasteiger partial charge in [0.25, 0.3) is 11.8 Å². The summed E-state index contributed by atoms with van der Waals surface area (Å²) in [5, 5.41) is 13.2. The van der Waals surface area contributed by atoms with Gasteiger partial charge in [-0.25, -0.2) is 15.1 Å². The Kier molecular flexibility index (Phi) is 13.3. The van der Waals surface area contributed by atoms with E-state index in [-0.39, 0.29) is 42.6 Å². The Labute approximate surface area is 307 Å². The summed E-state index contributed by atoms with van der Waals surface area (Å²) in [5.41, 5.74) is 7.71. The van der Waals surface area contributed by atoms with Gasteiger partial charge in [-0.15, -0.1) is 0 Å². The van der Waals surface area contributed by atoms with E-state index in [4.69, 9.17) is 4.74 Å². The zero-order chi connectivity index (χ0) is 35.6. The number of halogens is 2. The van der Waals surface area contributed by atoms with Crippen LogP contribution >= 0.6 is 31.9 Å². The number of rotatable bonds is 9.